The number of alkyl carbamates (subject to hydrolysis) is 1. The number of carbonyl (C=O) groups excluding carboxylic acids is 1. The van der Waals surface area contributed by atoms with Crippen molar-refractivity contribution in [1.82, 2.24) is 5.32 Å². The second kappa shape index (κ2) is 4.40. The van der Waals surface area contributed by atoms with Crippen molar-refractivity contribution in [2.45, 2.75) is 45.3 Å². The topological polar surface area (TPSA) is 72.5 Å². The van der Waals surface area contributed by atoms with Crippen LogP contribution in [-0.2, 0) is 14.6 Å². The molecule has 2 rings (SSSR count). The number of nitrogens with one attached hydrogen (secondary N) is 1. The Morgan fingerprint density at radius 3 is 2.11 bits per heavy atom. The average Bonchev–Trinajstić information content (AvgIpc) is 2.52. The van der Waals surface area contributed by atoms with E-state index in [0.29, 0.717) is 0 Å². The van der Waals surface area contributed by atoms with E-state index >= 15 is 0 Å². The van der Waals surface area contributed by atoms with Gasteiger partial charge in [0.15, 0.2) is 9.84 Å². The van der Waals surface area contributed by atoms with Crippen LogP contribution < -0.4 is 5.32 Å². The Bertz CT molecular complexity index is 417. The monoisotopic (exact) mass is 275 g/mol. The van der Waals surface area contributed by atoms with Gasteiger partial charge in [0.05, 0.1) is 11.5 Å². The van der Waals surface area contributed by atoms with Gasteiger partial charge >= 0.3 is 6.09 Å². The van der Waals surface area contributed by atoms with E-state index in [1.165, 1.54) is 0 Å². The van der Waals surface area contributed by atoms with Crippen LogP contribution in [0.3, 0.4) is 0 Å². The summed E-state index contributed by atoms with van der Waals surface area (Å²) in [6, 6.07) is 0.0605. The van der Waals surface area contributed by atoms with Crippen molar-refractivity contribution in [2.75, 3.05) is 11.5 Å². The zero-order chi connectivity index (χ0) is 13.6. The number of carbonyl (C=O) groups is 1. The molecular weight excluding hydrogens is 254 g/mol. The maximum atomic E-state index is 11.6. The molecule has 0 spiro atoms. The molecule has 0 unspecified atom stereocenters. The SMILES string of the molecule is CC(C)(C)OC(=O)N[C@H]1C[C@@H]2CS(=O)(=O)C[C@@H]2C1. The van der Waals surface area contributed by atoms with Gasteiger partial charge in [0, 0.05) is 6.04 Å². The zero-order valence-electron chi connectivity index (χ0n) is 11.1. The van der Waals surface area contributed by atoms with E-state index in [1.54, 1.807) is 0 Å². The lowest BCUT2D eigenvalue weighted by atomic mass is 10.0. The van der Waals surface area contributed by atoms with Gasteiger partial charge in [0.1, 0.15) is 5.60 Å². The summed E-state index contributed by atoms with van der Waals surface area (Å²) < 4.78 is 28.1. The van der Waals surface area contributed by atoms with Gasteiger partial charge in [-0.1, -0.05) is 0 Å². The van der Waals surface area contributed by atoms with Crippen molar-refractivity contribution >= 4 is 15.9 Å². The van der Waals surface area contributed by atoms with Crippen molar-refractivity contribution in [3.63, 3.8) is 0 Å². The molecule has 6 heteroatoms. The Balaban J connectivity index is 1.84. The highest BCUT2D eigenvalue weighted by molar-refractivity contribution is 7.91. The summed E-state index contributed by atoms with van der Waals surface area (Å²) in [5.41, 5.74) is -0.498. The van der Waals surface area contributed by atoms with Crippen LogP contribution in [-0.4, -0.2) is 37.7 Å². The fourth-order valence-electron chi connectivity index (χ4n) is 2.93. The lowest BCUT2D eigenvalue weighted by Gasteiger charge is -2.22. The number of hydrogen-bond acceptors (Lipinski definition) is 4. The van der Waals surface area contributed by atoms with E-state index in [1.807, 2.05) is 20.8 Å². The Labute approximate surface area is 108 Å². The molecule has 1 aliphatic heterocycles. The van der Waals surface area contributed by atoms with E-state index in [-0.39, 0.29) is 29.4 Å². The minimum absolute atomic E-state index is 0.0605. The first-order valence-electron chi connectivity index (χ1n) is 6.34. The van der Waals surface area contributed by atoms with Crippen LogP contribution in [0.2, 0.25) is 0 Å². The first-order chi connectivity index (χ1) is 8.15. The normalized spacial score (nSPS) is 34.1. The molecular formula is C12H21NO4S. The van der Waals surface area contributed by atoms with Crippen LogP contribution in [0.15, 0.2) is 0 Å². The largest absolute Gasteiger partial charge is 0.444 e. The quantitative estimate of drug-likeness (QED) is 0.783. The Morgan fingerprint density at radius 2 is 1.67 bits per heavy atom. The van der Waals surface area contributed by atoms with Crippen LogP contribution in [0.5, 0.6) is 0 Å². The second-order valence-corrected chi connectivity index (χ2v) is 8.57. The molecule has 1 N–H and O–H groups in total. The van der Waals surface area contributed by atoms with Gasteiger partial charge in [0.2, 0.25) is 0 Å². The molecule has 1 saturated carbocycles. The van der Waals surface area contributed by atoms with Crippen LogP contribution in [0.25, 0.3) is 0 Å². The number of hydrogen-bond donors (Lipinski definition) is 1. The Morgan fingerprint density at radius 1 is 1.17 bits per heavy atom. The fraction of sp³-hybridized carbons (Fsp3) is 0.917. The summed E-state index contributed by atoms with van der Waals surface area (Å²) in [7, 11) is -2.83. The van der Waals surface area contributed by atoms with Gasteiger partial charge in [0.25, 0.3) is 0 Å². The first-order valence-corrected chi connectivity index (χ1v) is 8.17. The molecule has 1 saturated heterocycles. The van der Waals surface area contributed by atoms with Crippen molar-refractivity contribution in [3.8, 4) is 0 Å². The van der Waals surface area contributed by atoms with Crippen molar-refractivity contribution in [3.05, 3.63) is 0 Å². The average molecular weight is 275 g/mol. The lowest BCUT2D eigenvalue weighted by molar-refractivity contribution is 0.0504. The molecule has 2 fully saturated rings. The molecule has 18 heavy (non-hydrogen) atoms. The number of sulfone groups is 1. The van der Waals surface area contributed by atoms with Gasteiger partial charge in [-0.05, 0) is 45.4 Å². The zero-order valence-corrected chi connectivity index (χ0v) is 11.9. The highest BCUT2D eigenvalue weighted by Crippen LogP contribution is 2.39. The number of rotatable bonds is 1. The van der Waals surface area contributed by atoms with E-state index in [4.69, 9.17) is 4.74 Å². The summed E-state index contributed by atoms with van der Waals surface area (Å²) in [4.78, 5) is 11.6. The molecule has 0 bridgehead atoms. The summed E-state index contributed by atoms with van der Waals surface area (Å²) in [5, 5.41) is 2.84. The summed E-state index contributed by atoms with van der Waals surface area (Å²) in [6.45, 7) is 5.47. The Kier molecular flexibility index (Phi) is 3.34. The van der Waals surface area contributed by atoms with Crippen molar-refractivity contribution in [2.24, 2.45) is 11.8 Å². The van der Waals surface area contributed by atoms with Gasteiger partial charge in [-0.15, -0.1) is 0 Å². The third-order valence-electron chi connectivity index (χ3n) is 3.50. The molecule has 0 aromatic rings. The van der Waals surface area contributed by atoms with E-state index in [9.17, 15) is 13.2 Å². The van der Waals surface area contributed by atoms with Gasteiger partial charge in [-0.25, -0.2) is 13.2 Å². The smallest absolute Gasteiger partial charge is 0.407 e. The minimum atomic E-state index is -2.83. The molecule has 0 aromatic carbocycles. The van der Waals surface area contributed by atoms with Crippen molar-refractivity contribution < 1.29 is 17.9 Å². The standard InChI is InChI=1S/C12H21NO4S/c1-12(2,3)17-11(14)13-10-4-8-6-18(15,16)7-9(8)5-10/h8-10H,4-7H2,1-3H3,(H,13,14)/t8-,9+,10+. The molecule has 1 heterocycles. The molecule has 104 valence electrons. The lowest BCUT2D eigenvalue weighted by Crippen LogP contribution is -2.38. The molecule has 0 aromatic heterocycles. The molecule has 0 radical (unpaired) electrons. The van der Waals surface area contributed by atoms with E-state index in [0.717, 1.165) is 12.8 Å². The van der Waals surface area contributed by atoms with Gasteiger partial charge in [-0.2, -0.15) is 0 Å². The molecule has 2 aliphatic rings. The molecule has 1 amide bonds. The highest BCUT2D eigenvalue weighted by Gasteiger charge is 2.44. The third kappa shape index (κ3) is 3.37. The van der Waals surface area contributed by atoms with Crippen LogP contribution in [0, 0.1) is 11.8 Å². The first kappa shape index (κ1) is 13.6. The molecule has 5 nitrogen and oxygen atoms in total. The third-order valence-corrected chi connectivity index (χ3v) is 5.37. The van der Waals surface area contributed by atoms with Crippen LogP contribution >= 0.6 is 0 Å². The predicted molar refractivity (Wildman–Crippen MR) is 68.0 cm³/mol. The van der Waals surface area contributed by atoms with Gasteiger partial charge in [-0.3, -0.25) is 0 Å². The number of ether oxygens (including phenoxy) is 1. The highest BCUT2D eigenvalue weighted by atomic mass is 32.2. The second-order valence-electron chi connectivity index (χ2n) is 6.41. The fourth-order valence-corrected chi connectivity index (χ4v) is 5.19. The predicted octanol–water partition coefficient (Wildman–Crippen LogP) is 1.33. The van der Waals surface area contributed by atoms with E-state index < -0.39 is 21.5 Å². The number of amides is 1. The van der Waals surface area contributed by atoms with Gasteiger partial charge < -0.3 is 10.1 Å². The summed E-state index contributed by atoms with van der Waals surface area (Å²) in [5.74, 6) is 0.999. The molecule has 3 atom stereocenters. The molecule has 1 aliphatic carbocycles. The van der Waals surface area contributed by atoms with E-state index in [2.05, 4.69) is 5.32 Å². The summed E-state index contributed by atoms with van der Waals surface area (Å²) in [6.07, 6.45) is 1.10. The van der Waals surface area contributed by atoms with Crippen LogP contribution in [0.4, 0.5) is 4.79 Å². The van der Waals surface area contributed by atoms with Crippen LogP contribution in [0.1, 0.15) is 33.6 Å². The summed E-state index contributed by atoms with van der Waals surface area (Å²) >= 11 is 0. The number of fused-ring (bicyclic) bond motifs is 1. The Hall–Kier alpha value is -0.780. The minimum Gasteiger partial charge on any atom is -0.444 e. The maximum absolute atomic E-state index is 11.6. The van der Waals surface area contributed by atoms with Crippen molar-refractivity contribution in [1.29, 1.82) is 0 Å². The maximum Gasteiger partial charge on any atom is 0.407 e.